The van der Waals surface area contributed by atoms with Gasteiger partial charge in [-0.05, 0) is 91.9 Å². The quantitative estimate of drug-likeness (QED) is 0.302. The van der Waals surface area contributed by atoms with Gasteiger partial charge >= 0.3 is 0 Å². The van der Waals surface area contributed by atoms with Gasteiger partial charge in [-0.2, -0.15) is 0 Å². The fourth-order valence-corrected chi connectivity index (χ4v) is 6.56. The van der Waals surface area contributed by atoms with E-state index in [1.165, 1.54) is 0 Å². The van der Waals surface area contributed by atoms with Gasteiger partial charge in [-0.15, -0.1) is 0 Å². The number of hydrogen-bond donors (Lipinski definition) is 1. The Morgan fingerprint density at radius 3 is 2.25 bits per heavy atom. The molecule has 0 saturated carbocycles. The normalized spacial score (nSPS) is 17.8. The van der Waals surface area contributed by atoms with Gasteiger partial charge < -0.3 is 20.0 Å². The van der Waals surface area contributed by atoms with E-state index < -0.39 is 0 Å². The molecule has 0 bridgehead atoms. The van der Waals surface area contributed by atoms with Crippen molar-refractivity contribution in [3.8, 4) is 11.1 Å². The molecule has 6 rings (SSSR count). The minimum atomic E-state index is -0.204. The number of amides is 3. The second-order valence-electron chi connectivity index (χ2n) is 12.3. The number of nitrogens with one attached hydrogen (secondary N) is 1. The molecule has 1 N–H and O–H groups in total. The van der Waals surface area contributed by atoms with Crippen LogP contribution in [0.25, 0.3) is 11.1 Å². The van der Waals surface area contributed by atoms with Crippen LogP contribution in [0.15, 0.2) is 103 Å². The number of likely N-dealkylation sites (N-methyl/N-ethyl adjacent to an activating group) is 1. The van der Waals surface area contributed by atoms with Crippen molar-refractivity contribution in [1.29, 1.82) is 0 Å². The average Bonchev–Trinajstić information content (AvgIpc) is 3.38. The van der Waals surface area contributed by atoms with E-state index in [9.17, 15) is 14.4 Å². The molecule has 1 saturated heterocycles. The second-order valence-corrected chi connectivity index (χ2v) is 12.3. The van der Waals surface area contributed by atoms with Crippen LogP contribution in [0.3, 0.4) is 0 Å². The van der Waals surface area contributed by atoms with Gasteiger partial charge in [-0.25, -0.2) is 0 Å². The first-order valence-corrected chi connectivity index (χ1v) is 15.2. The highest BCUT2D eigenvalue weighted by atomic mass is 16.2. The van der Waals surface area contributed by atoms with Gasteiger partial charge in [0, 0.05) is 42.1 Å². The Morgan fingerprint density at radius 1 is 0.795 bits per heavy atom. The fraction of sp³-hybridized carbons (Fsp3) is 0.270. The van der Waals surface area contributed by atoms with Crippen molar-refractivity contribution in [1.82, 2.24) is 9.80 Å². The van der Waals surface area contributed by atoms with Crippen molar-refractivity contribution in [2.24, 2.45) is 5.41 Å². The van der Waals surface area contributed by atoms with Gasteiger partial charge in [0.15, 0.2) is 0 Å². The van der Waals surface area contributed by atoms with E-state index in [-0.39, 0.29) is 23.1 Å². The maximum absolute atomic E-state index is 13.9. The topological polar surface area (TPSA) is 73.0 Å². The third-order valence-electron chi connectivity index (χ3n) is 8.85. The summed E-state index contributed by atoms with van der Waals surface area (Å²) in [6, 6.07) is 32.7. The van der Waals surface area contributed by atoms with E-state index in [1.807, 2.05) is 102 Å². The number of para-hydroxylation sites is 1. The van der Waals surface area contributed by atoms with E-state index >= 15 is 0 Å². The lowest BCUT2D eigenvalue weighted by Gasteiger charge is -2.28. The van der Waals surface area contributed by atoms with Crippen molar-refractivity contribution < 1.29 is 14.4 Å². The van der Waals surface area contributed by atoms with E-state index in [0.717, 1.165) is 54.7 Å². The summed E-state index contributed by atoms with van der Waals surface area (Å²) >= 11 is 0. The molecular weight excluding hydrogens is 548 g/mol. The standard InChI is InChI=1S/C37H38N4O3/c1-39(2)25-34(42)40-22-20-37(26-40)21-23-41(33-15-9-6-12-29(33)24-37)36(44)28-16-18-30(19-17-28)38-35(43)32-14-8-7-13-31(32)27-10-4-3-5-11-27/h3-19H,20-26H2,1-2H3,(H,38,43). The minimum absolute atomic E-state index is 0.0444. The van der Waals surface area contributed by atoms with Crippen molar-refractivity contribution in [3.05, 3.63) is 120 Å². The summed E-state index contributed by atoms with van der Waals surface area (Å²) in [5, 5.41) is 3.00. The van der Waals surface area contributed by atoms with Gasteiger partial charge in [0.25, 0.3) is 11.8 Å². The summed E-state index contributed by atoms with van der Waals surface area (Å²) in [5.74, 6) is -0.113. The van der Waals surface area contributed by atoms with Crippen LogP contribution in [0.2, 0.25) is 0 Å². The highest BCUT2D eigenvalue weighted by molar-refractivity contribution is 6.10. The summed E-state index contributed by atoms with van der Waals surface area (Å²) in [6.45, 7) is 2.47. The first-order chi connectivity index (χ1) is 21.3. The number of nitrogens with zero attached hydrogens (tertiary/aromatic N) is 3. The summed E-state index contributed by atoms with van der Waals surface area (Å²) in [7, 11) is 3.83. The predicted molar refractivity (Wildman–Crippen MR) is 175 cm³/mol. The predicted octanol–water partition coefficient (Wildman–Crippen LogP) is 5.98. The molecule has 4 aromatic carbocycles. The SMILES string of the molecule is CN(C)CC(=O)N1CCC2(CCN(C(=O)c3ccc(NC(=O)c4ccccc4-c4ccccc4)cc3)c3ccccc3C2)C1. The Balaban J connectivity index is 1.17. The molecular formula is C37H38N4O3. The molecule has 0 aliphatic carbocycles. The zero-order valence-electron chi connectivity index (χ0n) is 25.3. The highest BCUT2D eigenvalue weighted by Gasteiger charge is 2.42. The lowest BCUT2D eigenvalue weighted by atomic mass is 9.78. The lowest BCUT2D eigenvalue weighted by molar-refractivity contribution is -0.131. The molecule has 0 radical (unpaired) electrons. The zero-order valence-corrected chi connectivity index (χ0v) is 25.3. The number of fused-ring (bicyclic) bond motifs is 1. The third kappa shape index (κ3) is 6.15. The first-order valence-electron chi connectivity index (χ1n) is 15.2. The Hall–Kier alpha value is -4.75. The number of anilines is 2. The van der Waals surface area contributed by atoms with E-state index in [2.05, 4.69) is 11.4 Å². The maximum atomic E-state index is 13.9. The molecule has 2 heterocycles. The molecule has 1 atom stereocenters. The van der Waals surface area contributed by atoms with Crippen LogP contribution < -0.4 is 10.2 Å². The van der Waals surface area contributed by atoms with Crippen LogP contribution in [0.1, 0.15) is 39.1 Å². The molecule has 4 aromatic rings. The van der Waals surface area contributed by atoms with Gasteiger partial charge in [0.2, 0.25) is 5.91 Å². The Labute approximate surface area is 259 Å². The first kappa shape index (κ1) is 29.3. The molecule has 1 fully saturated rings. The van der Waals surface area contributed by atoms with Crippen LogP contribution in [-0.4, -0.2) is 67.8 Å². The van der Waals surface area contributed by atoms with Crippen molar-refractivity contribution >= 4 is 29.1 Å². The molecule has 1 unspecified atom stereocenters. The molecule has 7 nitrogen and oxygen atoms in total. The minimum Gasteiger partial charge on any atom is -0.341 e. The number of carbonyl (C=O) groups excluding carboxylic acids is 3. The maximum Gasteiger partial charge on any atom is 0.258 e. The van der Waals surface area contributed by atoms with Crippen LogP contribution in [0.5, 0.6) is 0 Å². The number of carbonyl (C=O) groups is 3. The molecule has 224 valence electrons. The summed E-state index contributed by atoms with van der Waals surface area (Å²) in [5.41, 5.74) is 5.64. The Morgan fingerprint density at radius 2 is 1.48 bits per heavy atom. The van der Waals surface area contributed by atoms with Crippen LogP contribution >= 0.6 is 0 Å². The largest absolute Gasteiger partial charge is 0.341 e. The van der Waals surface area contributed by atoms with Gasteiger partial charge in [0.1, 0.15) is 0 Å². The van der Waals surface area contributed by atoms with Gasteiger partial charge in [-0.3, -0.25) is 14.4 Å². The number of rotatable bonds is 6. The smallest absolute Gasteiger partial charge is 0.258 e. The Kier molecular flexibility index (Phi) is 8.31. The molecule has 2 aliphatic rings. The summed E-state index contributed by atoms with van der Waals surface area (Å²) in [6.07, 6.45) is 2.60. The molecule has 44 heavy (non-hydrogen) atoms. The molecule has 0 aromatic heterocycles. The third-order valence-corrected chi connectivity index (χ3v) is 8.85. The second kappa shape index (κ2) is 12.5. The van der Waals surface area contributed by atoms with Crippen LogP contribution in [0.4, 0.5) is 11.4 Å². The summed E-state index contributed by atoms with van der Waals surface area (Å²) in [4.78, 5) is 45.8. The van der Waals surface area contributed by atoms with Gasteiger partial charge in [0.05, 0.1) is 6.54 Å². The molecule has 7 heteroatoms. The summed E-state index contributed by atoms with van der Waals surface area (Å²) < 4.78 is 0. The average molecular weight is 587 g/mol. The number of benzene rings is 4. The van der Waals surface area contributed by atoms with Gasteiger partial charge in [-0.1, -0.05) is 66.7 Å². The number of likely N-dealkylation sites (tertiary alicyclic amines) is 1. The van der Waals surface area contributed by atoms with Crippen molar-refractivity contribution in [2.45, 2.75) is 19.3 Å². The zero-order chi connectivity index (χ0) is 30.7. The molecule has 2 aliphatic heterocycles. The Bertz CT molecular complexity index is 1670. The number of hydrogen-bond acceptors (Lipinski definition) is 4. The van der Waals surface area contributed by atoms with Crippen LogP contribution in [-0.2, 0) is 11.2 Å². The van der Waals surface area contributed by atoms with E-state index in [4.69, 9.17) is 0 Å². The van der Waals surface area contributed by atoms with E-state index in [0.29, 0.717) is 29.9 Å². The van der Waals surface area contributed by atoms with E-state index in [1.54, 1.807) is 24.3 Å². The monoisotopic (exact) mass is 586 g/mol. The highest BCUT2D eigenvalue weighted by Crippen LogP contribution is 2.43. The molecule has 3 amide bonds. The molecule has 1 spiro atoms. The van der Waals surface area contributed by atoms with Crippen molar-refractivity contribution in [3.63, 3.8) is 0 Å². The van der Waals surface area contributed by atoms with Crippen molar-refractivity contribution in [2.75, 3.05) is 50.5 Å². The lowest BCUT2D eigenvalue weighted by Crippen LogP contribution is -2.39. The fourth-order valence-electron chi connectivity index (χ4n) is 6.56. The van der Waals surface area contributed by atoms with Crippen LogP contribution in [0, 0.1) is 5.41 Å².